The fourth-order valence-electron chi connectivity index (χ4n) is 2.62. The lowest BCUT2D eigenvalue weighted by Gasteiger charge is -2.07. The number of amidine groups is 1. The summed E-state index contributed by atoms with van der Waals surface area (Å²) >= 11 is 1.37. The molecular weight excluding hydrogens is 336 g/mol. The Morgan fingerprint density at radius 2 is 1.88 bits per heavy atom. The molecule has 0 atom stereocenters. The quantitative estimate of drug-likeness (QED) is 0.768. The van der Waals surface area contributed by atoms with Crippen molar-refractivity contribution in [1.29, 1.82) is 0 Å². The van der Waals surface area contributed by atoms with E-state index in [0.717, 1.165) is 22.6 Å². The molecule has 0 aromatic heterocycles. The van der Waals surface area contributed by atoms with Crippen LogP contribution in [0.3, 0.4) is 0 Å². The summed E-state index contributed by atoms with van der Waals surface area (Å²) in [6.07, 6.45) is 1.88. The zero-order valence-electron chi connectivity index (χ0n) is 13.9. The van der Waals surface area contributed by atoms with Crippen molar-refractivity contribution in [2.24, 2.45) is 4.99 Å². The summed E-state index contributed by atoms with van der Waals surface area (Å²) in [5.41, 5.74) is 2.79. The lowest BCUT2D eigenvalue weighted by Crippen LogP contribution is -2.23. The standard InChI is InChI=1S/C19H16N2O3S/c1-12-8-15-16(24-11-23-15)9-13(12)10-17-18(22)21(2)19(25-17)20-14-6-4-3-5-7-14/h3-10H,11H2,1-2H3. The van der Waals surface area contributed by atoms with Gasteiger partial charge in [0.25, 0.3) is 5.91 Å². The summed E-state index contributed by atoms with van der Waals surface area (Å²) in [7, 11) is 1.74. The van der Waals surface area contributed by atoms with Gasteiger partial charge < -0.3 is 9.47 Å². The highest BCUT2D eigenvalue weighted by molar-refractivity contribution is 8.18. The van der Waals surface area contributed by atoms with Gasteiger partial charge in [0.15, 0.2) is 16.7 Å². The first kappa shape index (κ1) is 15.8. The summed E-state index contributed by atoms with van der Waals surface area (Å²) < 4.78 is 10.8. The average molecular weight is 352 g/mol. The first-order valence-corrected chi connectivity index (χ1v) is 8.65. The number of hydrogen-bond acceptors (Lipinski definition) is 5. The van der Waals surface area contributed by atoms with Gasteiger partial charge in [-0.25, -0.2) is 4.99 Å². The second-order valence-corrected chi connectivity index (χ2v) is 6.78. The van der Waals surface area contributed by atoms with E-state index in [9.17, 15) is 4.79 Å². The lowest BCUT2D eigenvalue weighted by atomic mass is 10.1. The monoisotopic (exact) mass is 352 g/mol. The molecule has 0 spiro atoms. The maximum Gasteiger partial charge on any atom is 0.266 e. The highest BCUT2D eigenvalue weighted by Crippen LogP contribution is 2.38. The summed E-state index contributed by atoms with van der Waals surface area (Å²) in [4.78, 5) is 19.3. The van der Waals surface area contributed by atoms with Crippen LogP contribution in [-0.4, -0.2) is 29.8 Å². The van der Waals surface area contributed by atoms with E-state index in [4.69, 9.17) is 9.47 Å². The van der Waals surface area contributed by atoms with E-state index < -0.39 is 0 Å². The molecule has 1 amide bonds. The molecule has 2 heterocycles. The van der Waals surface area contributed by atoms with E-state index in [1.165, 1.54) is 11.8 Å². The van der Waals surface area contributed by atoms with Crippen molar-refractivity contribution in [2.45, 2.75) is 6.92 Å². The molecule has 0 aliphatic carbocycles. The Morgan fingerprint density at radius 1 is 1.16 bits per heavy atom. The van der Waals surface area contributed by atoms with Gasteiger partial charge >= 0.3 is 0 Å². The topological polar surface area (TPSA) is 51.1 Å². The van der Waals surface area contributed by atoms with Gasteiger partial charge in [0.05, 0.1) is 10.6 Å². The number of thioether (sulfide) groups is 1. The van der Waals surface area contributed by atoms with Crippen LogP contribution in [0.4, 0.5) is 5.69 Å². The van der Waals surface area contributed by atoms with E-state index in [1.54, 1.807) is 11.9 Å². The second kappa shape index (κ2) is 6.29. The molecule has 1 saturated heterocycles. The summed E-state index contributed by atoms with van der Waals surface area (Å²) in [5.74, 6) is 1.39. The molecule has 0 bridgehead atoms. The molecule has 0 saturated carbocycles. The van der Waals surface area contributed by atoms with E-state index in [0.29, 0.717) is 15.8 Å². The van der Waals surface area contributed by atoms with Crippen molar-refractivity contribution in [3.8, 4) is 11.5 Å². The van der Waals surface area contributed by atoms with Crippen LogP contribution in [0.1, 0.15) is 11.1 Å². The van der Waals surface area contributed by atoms with Crippen molar-refractivity contribution in [3.63, 3.8) is 0 Å². The Labute approximate surface area is 150 Å². The summed E-state index contributed by atoms with van der Waals surface area (Å²) in [6, 6.07) is 13.5. The second-order valence-electron chi connectivity index (χ2n) is 5.77. The number of hydrogen-bond donors (Lipinski definition) is 0. The lowest BCUT2D eigenvalue weighted by molar-refractivity contribution is -0.121. The molecule has 2 aliphatic heterocycles. The molecule has 0 radical (unpaired) electrons. The number of carbonyl (C=O) groups is 1. The highest BCUT2D eigenvalue weighted by atomic mass is 32.2. The maximum atomic E-state index is 12.6. The molecule has 0 N–H and O–H groups in total. The third-order valence-corrected chi connectivity index (χ3v) is 5.09. The molecule has 2 aliphatic rings. The van der Waals surface area contributed by atoms with Crippen molar-refractivity contribution < 1.29 is 14.3 Å². The molecular formula is C19H16N2O3S. The van der Waals surface area contributed by atoms with Crippen molar-refractivity contribution in [1.82, 2.24) is 4.90 Å². The Morgan fingerprint density at radius 3 is 2.64 bits per heavy atom. The number of carbonyl (C=O) groups excluding carboxylic acids is 1. The van der Waals surface area contributed by atoms with Crippen LogP contribution < -0.4 is 9.47 Å². The zero-order valence-corrected chi connectivity index (χ0v) is 14.7. The summed E-state index contributed by atoms with van der Waals surface area (Å²) in [5, 5.41) is 0.667. The molecule has 4 rings (SSSR count). The van der Waals surface area contributed by atoms with Crippen LogP contribution in [0.25, 0.3) is 6.08 Å². The third kappa shape index (κ3) is 3.00. The Balaban J connectivity index is 1.66. The SMILES string of the molecule is Cc1cc2c(cc1C=C1SC(=Nc3ccccc3)N(C)C1=O)OCO2. The van der Waals surface area contributed by atoms with Gasteiger partial charge in [-0.05, 0) is 60.2 Å². The number of amides is 1. The molecule has 5 nitrogen and oxygen atoms in total. The number of fused-ring (bicyclic) bond motifs is 1. The van der Waals surface area contributed by atoms with Crippen molar-refractivity contribution in [3.05, 3.63) is 58.5 Å². The van der Waals surface area contributed by atoms with E-state index in [1.807, 2.05) is 55.5 Å². The predicted octanol–water partition coefficient (Wildman–Crippen LogP) is 3.96. The van der Waals surface area contributed by atoms with Crippen molar-refractivity contribution >= 4 is 34.6 Å². The van der Waals surface area contributed by atoms with Gasteiger partial charge in [-0.1, -0.05) is 18.2 Å². The zero-order chi connectivity index (χ0) is 17.4. The fraction of sp³-hybridized carbons (Fsp3) is 0.158. The Kier molecular flexibility index (Phi) is 3.97. The normalized spacial score (nSPS) is 19.3. The van der Waals surface area contributed by atoms with Crippen LogP contribution in [0.5, 0.6) is 11.5 Å². The van der Waals surface area contributed by atoms with Gasteiger partial charge in [-0.2, -0.15) is 0 Å². The van der Waals surface area contributed by atoms with Crippen LogP contribution in [0.15, 0.2) is 52.4 Å². The smallest absolute Gasteiger partial charge is 0.266 e. The van der Waals surface area contributed by atoms with E-state index in [2.05, 4.69) is 4.99 Å². The number of benzene rings is 2. The van der Waals surface area contributed by atoms with E-state index >= 15 is 0 Å². The van der Waals surface area contributed by atoms with Crippen LogP contribution in [0.2, 0.25) is 0 Å². The minimum Gasteiger partial charge on any atom is -0.454 e. The highest BCUT2D eigenvalue weighted by Gasteiger charge is 2.30. The number of aliphatic imine (C=N–C) groups is 1. The molecule has 2 aromatic carbocycles. The number of nitrogens with zero attached hydrogens (tertiary/aromatic N) is 2. The number of rotatable bonds is 2. The maximum absolute atomic E-state index is 12.6. The first-order chi connectivity index (χ1) is 12.1. The third-order valence-electron chi connectivity index (χ3n) is 4.03. The van der Waals surface area contributed by atoms with Crippen molar-refractivity contribution in [2.75, 3.05) is 13.8 Å². The predicted molar refractivity (Wildman–Crippen MR) is 99.2 cm³/mol. The van der Waals surface area contributed by atoms with Gasteiger partial charge in [-0.3, -0.25) is 9.69 Å². The van der Waals surface area contributed by atoms with Gasteiger partial charge in [0.1, 0.15) is 0 Å². The minimum absolute atomic E-state index is 0.0586. The largest absolute Gasteiger partial charge is 0.454 e. The fourth-order valence-corrected chi connectivity index (χ4v) is 3.60. The Bertz CT molecular complexity index is 906. The average Bonchev–Trinajstić information content (AvgIpc) is 3.16. The number of aryl methyl sites for hydroxylation is 1. The molecule has 126 valence electrons. The minimum atomic E-state index is -0.0586. The molecule has 1 fully saturated rings. The molecule has 25 heavy (non-hydrogen) atoms. The molecule has 0 unspecified atom stereocenters. The first-order valence-electron chi connectivity index (χ1n) is 7.83. The van der Waals surface area contributed by atoms with Gasteiger partial charge in [0, 0.05) is 7.05 Å². The summed E-state index contributed by atoms with van der Waals surface area (Å²) in [6.45, 7) is 2.22. The number of likely N-dealkylation sites (N-methyl/N-ethyl adjacent to an activating group) is 1. The van der Waals surface area contributed by atoms with Gasteiger partial charge in [0.2, 0.25) is 6.79 Å². The van der Waals surface area contributed by atoms with Crippen LogP contribution in [0, 0.1) is 6.92 Å². The molecule has 6 heteroatoms. The number of para-hydroxylation sites is 1. The van der Waals surface area contributed by atoms with Crippen LogP contribution in [-0.2, 0) is 4.79 Å². The number of ether oxygens (including phenoxy) is 2. The van der Waals surface area contributed by atoms with Gasteiger partial charge in [-0.15, -0.1) is 0 Å². The Hall–Kier alpha value is -2.73. The van der Waals surface area contributed by atoms with E-state index in [-0.39, 0.29) is 12.7 Å². The van der Waals surface area contributed by atoms with Crippen LogP contribution >= 0.6 is 11.8 Å². The molecule has 2 aromatic rings.